The Morgan fingerprint density at radius 1 is 1.03 bits per heavy atom. The Morgan fingerprint density at radius 2 is 1.77 bits per heavy atom. The van der Waals surface area contributed by atoms with Gasteiger partial charge in [0.1, 0.15) is 12.4 Å². The van der Waals surface area contributed by atoms with Crippen LogP contribution in [0.3, 0.4) is 0 Å². The second-order valence-corrected chi connectivity index (χ2v) is 9.44. The third-order valence-electron chi connectivity index (χ3n) is 5.08. The van der Waals surface area contributed by atoms with Crippen LogP contribution in [0.1, 0.15) is 5.56 Å². The van der Waals surface area contributed by atoms with Crippen LogP contribution in [0.4, 0.5) is 0 Å². The number of ether oxygens (including phenoxy) is 1. The van der Waals surface area contributed by atoms with Gasteiger partial charge in [0.2, 0.25) is 15.9 Å². The fraction of sp³-hybridized carbons (Fsp3) is 0.227. The molecule has 0 spiro atoms. The Labute approximate surface area is 181 Å². The topological polar surface area (TPSA) is 66.9 Å². The van der Waals surface area contributed by atoms with E-state index in [9.17, 15) is 13.2 Å². The first-order valence-electron chi connectivity index (χ1n) is 9.58. The van der Waals surface area contributed by atoms with Crippen molar-refractivity contribution in [2.45, 2.75) is 4.90 Å². The summed E-state index contributed by atoms with van der Waals surface area (Å²) in [6, 6.07) is 13.8. The molecular formula is C22H21ClN2O4S. The van der Waals surface area contributed by atoms with Crippen molar-refractivity contribution in [3.8, 4) is 5.75 Å². The van der Waals surface area contributed by atoms with Crippen molar-refractivity contribution >= 4 is 33.6 Å². The zero-order valence-electron chi connectivity index (χ0n) is 16.2. The first-order chi connectivity index (χ1) is 14.4. The number of hydrogen-bond donors (Lipinski definition) is 0. The highest BCUT2D eigenvalue weighted by Gasteiger charge is 2.29. The molecule has 1 fully saturated rings. The Kier molecular flexibility index (Phi) is 5.94. The Morgan fingerprint density at radius 3 is 2.50 bits per heavy atom. The van der Waals surface area contributed by atoms with Gasteiger partial charge in [-0.1, -0.05) is 35.9 Å². The van der Waals surface area contributed by atoms with Crippen LogP contribution < -0.4 is 4.74 Å². The number of sulfonamides is 1. The molecule has 0 saturated carbocycles. The molecule has 2 aliphatic rings. The summed E-state index contributed by atoms with van der Waals surface area (Å²) in [7, 11) is -3.53. The highest BCUT2D eigenvalue weighted by Crippen LogP contribution is 2.29. The molecular weight excluding hydrogens is 424 g/mol. The number of piperazine rings is 1. The lowest BCUT2D eigenvalue weighted by Gasteiger charge is -2.33. The molecule has 0 aliphatic carbocycles. The molecule has 1 saturated heterocycles. The minimum atomic E-state index is -3.53. The smallest absolute Gasteiger partial charge is 0.246 e. The molecule has 0 unspecified atom stereocenters. The number of rotatable bonds is 4. The molecule has 0 bridgehead atoms. The molecule has 2 aromatic rings. The normalized spacial score (nSPS) is 17.4. The zero-order valence-corrected chi connectivity index (χ0v) is 17.8. The fourth-order valence-corrected chi connectivity index (χ4v) is 5.06. The Balaban J connectivity index is 1.37. The van der Waals surface area contributed by atoms with Crippen molar-refractivity contribution in [2.24, 2.45) is 0 Å². The van der Waals surface area contributed by atoms with E-state index in [1.54, 1.807) is 47.4 Å². The summed E-state index contributed by atoms with van der Waals surface area (Å²) in [6.45, 7) is 1.62. The first kappa shape index (κ1) is 20.7. The Bertz CT molecular complexity index is 1110. The van der Waals surface area contributed by atoms with Gasteiger partial charge in [0, 0.05) is 42.8 Å². The van der Waals surface area contributed by atoms with Gasteiger partial charge in [-0.25, -0.2) is 8.42 Å². The number of fused-ring (bicyclic) bond motifs is 1. The molecule has 2 aliphatic heterocycles. The Hall–Kier alpha value is -2.61. The molecule has 1 amide bonds. The fourth-order valence-electron chi connectivity index (χ4n) is 3.44. The van der Waals surface area contributed by atoms with E-state index < -0.39 is 10.0 Å². The van der Waals surface area contributed by atoms with E-state index >= 15 is 0 Å². The number of carbonyl (C=O) groups is 1. The zero-order chi connectivity index (χ0) is 21.1. The number of amides is 1. The molecule has 2 aromatic carbocycles. The van der Waals surface area contributed by atoms with Gasteiger partial charge in [-0.05, 0) is 42.0 Å². The van der Waals surface area contributed by atoms with E-state index in [2.05, 4.69) is 0 Å². The summed E-state index contributed by atoms with van der Waals surface area (Å²) >= 11 is 6.03. The standard InChI is InChI=1S/C22H21ClN2O4S/c23-19-7-8-21-18(15-19)14-17(16-29-21)6-9-22(26)24-10-12-25(13-11-24)30(27,28)20-4-2-1-3-5-20/h1-9,14-15H,10-13,16H2/b9-6+. The summed E-state index contributed by atoms with van der Waals surface area (Å²) in [5.41, 5.74) is 1.74. The molecule has 0 aromatic heterocycles. The molecule has 156 valence electrons. The van der Waals surface area contributed by atoms with Crippen LogP contribution in [0.25, 0.3) is 6.08 Å². The molecule has 0 N–H and O–H groups in total. The summed E-state index contributed by atoms with van der Waals surface area (Å²) in [5, 5.41) is 0.623. The maximum absolute atomic E-state index is 12.7. The average Bonchev–Trinajstić information content (AvgIpc) is 2.77. The molecule has 6 nitrogen and oxygen atoms in total. The van der Waals surface area contributed by atoms with Crippen LogP contribution in [0, 0.1) is 0 Å². The van der Waals surface area contributed by atoms with E-state index in [4.69, 9.17) is 16.3 Å². The molecule has 0 radical (unpaired) electrons. The molecule has 2 heterocycles. The lowest BCUT2D eigenvalue weighted by molar-refractivity contribution is -0.127. The largest absolute Gasteiger partial charge is 0.488 e. The summed E-state index contributed by atoms with van der Waals surface area (Å²) in [5.74, 6) is 0.614. The van der Waals surface area contributed by atoms with Crippen molar-refractivity contribution in [1.29, 1.82) is 0 Å². The van der Waals surface area contributed by atoms with Crippen LogP contribution in [0.5, 0.6) is 5.75 Å². The maximum Gasteiger partial charge on any atom is 0.246 e. The van der Waals surface area contributed by atoms with Gasteiger partial charge in [0.15, 0.2) is 0 Å². The third-order valence-corrected chi connectivity index (χ3v) is 7.23. The predicted octanol–water partition coefficient (Wildman–Crippen LogP) is 3.21. The van der Waals surface area contributed by atoms with Crippen LogP contribution >= 0.6 is 11.6 Å². The number of carbonyl (C=O) groups excluding carboxylic acids is 1. The quantitative estimate of drug-likeness (QED) is 0.679. The highest BCUT2D eigenvalue weighted by atomic mass is 35.5. The van der Waals surface area contributed by atoms with Crippen molar-refractivity contribution in [3.05, 3.63) is 76.8 Å². The van der Waals surface area contributed by atoms with Crippen molar-refractivity contribution < 1.29 is 17.9 Å². The van der Waals surface area contributed by atoms with Crippen LogP contribution in [-0.4, -0.2) is 56.3 Å². The van der Waals surface area contributed by atoms with Gasteiger partial charge >= 0.3 is 0 Å². The van der Waals surface area contributed by atoms with Crippen LogP contribution in [0.2, 0.25) is 5.02 Å². The monoisotopic (exact) mass is 444 g/mol. The number of hydrogen-bond acceptors (Lipinski definition) is 4. The van der Waals surface area contributed by atoms with Crippen molar-refractivity contribution in [1.82, 2.24) is 9.21 Å². The second-order valence-electron chi connectivity index (χ2n) is 7.07. The summed E-state index contributed by atoms with van der Waals surface area (Å²) in [6.07, 6.45) is 5.18. The van der Waals surface area contributed by atoms with Crippen LogP contribution in [0.15, 0.2) is 71.2 Å². The lowest BCUT2D eigenvalue weighted by atomic mass is 10.1. The van der Waals surface area contributed by atoms with Crippen molar-refractivity contribution in [3.63, 3.8) is 0 Å². The summed E-state index contributed by atoms with van der Waals surface area (Å²) < 4.78 is 32.5. The minimum Gasteiger partial charge on any atom is -0.488 e. The number of benzene rings is 2. The third kappa shape index (κ3) is 4.43. The number of nitrogens with zero attached hydrogens (tertiary/aromatic N) is 2. The highest BCUT2D eigenvalue weighted by molar-refractivity contribution is 7.89. The second kappa shape index (κ2) is 8.63. The summed E-state index contributed by atoms with van der Waals surface area (Å²) in [4.78, 5) is 14.5. The van der Waals surface area contributed by atoms with Gasteiger partial charge in [-0.3, -0.25) is 4.79 Å². The average molecular weight is 445 g/mol. The molecule has 4 rings (SSSR count). The van der Waals surface area contributed by atoms with Gasteiger partial charge in [0.25, 0.3) is 0 Å². The van der Waals surface area contributed by atoms with E-state index in [-0.39, 0.29) is 23.9 Å². The molecule has 8 heteroatoms. The van der Waals surface area contributed by atoms with Gasteiger partial charge in [-0.15, -0.1) is 0 Å². The molecule has 0 atom stereocenters. The van der Waals surface area contributed by atoms with E-state index in [0.717, 1.165) is 16.9 Å². The van der Waals surface area contributed by atoms with Gasteiger partial charge in [-0.2, -0.15) is 4.31 Å². The van der Waals surface area contributed by atoms with E-state index in [0.29, 0.717) is 24.7 Å². The first-order valence-corrected chi connectivity index (χ1v) is 11.4. The SMILES string of the molecule is O=C(/C=C/C1=Cc2cc(Cl)ccc2OC1)N1CCN(S(=O)(=O)c2ccccc2)CC1. The van der Waals surface area contributed by atoms with Crippen molar-refractivity contribution in [2.75, 3.05) is 32.8 Å². The van der Waals surface area contributed by atoms with Gasteiger partial charge < -0.3 is 9.64 Å². The predicted molar refractivity (Wildman–Crippen MR) is 116 cm³/mol. The van der Waals surface area contributed by atoms with Crippen LogP contribution in [-0.2, 0) is 14.8 Å². The van der Waals surface area contributed by atoms with E-state index in [1.807, 2.05) is 18.2 Å². The maximum atomic E-state index is 12.7. The number of halogens is 1. The minimum absolute atomic E-state index is 0.149. The lowest BCUT2D eigenvalue weighted by Crippen LogP contribution is -2.50. The molecule has 30 heavy (non-hydrogen) atoms. The van der Waals surface area contributed by atoms with Gasteiger partial charge in [0.05, 0.1) is 4.90 Å². The van der Waals surface area contributed by atoms with E-state index in [1.165, 1.54) is 10.4 Å².